The predicted octanol–water partition coefficient (Wildman–Crippen LogP) is 2.53. The normalized spacial score (nSPS) is 24.4. The second-order valence-electron chi connectivity index (χ2n) is 7.84. The first-order valence-corrected chi connectivity index (χ1v) is 9.65. The van der Waals surface area contributed by atoms with E-state index in [1.165, 1.54) is 0 Å². The molecule has 2 fully saturated rings. The highest BCUT2D eigenvalue weighted by molar-refractivity contribution is 6.09. The van der Waals surface area contributed by atoms with Gasteiger partial charge in [-0.3, -0.25) is 19.3 Å². The number of Topliss-reactive ketones (excluding diaryl/α,β-unsaturated/α-hetero) is 1. The minimum atomic E-state index is -0.912. The minimum Gasteiger partial charge on any atom is -0.456 e. The molecule has 1 N–H and O–H groups in total. The largest absolute Gasteiger partial charge is 0.456 e. The summed E-state index contributed by atoms with van der Waals surface area (Å²) in [5.74, 6) is -1.45. The zero-order valence-electron chi connectivity index (χ0n) is 16.5. The third-order valence-corrected chi connectivity index (χ3v) is 5.84. The number of benzene rings is 1. The standard InChI is InChI=1S/C21H26N2O5/c1-13-7-8-16(14(2)10-13)17(24)12-28-18(25)11-23-19(26)21(22-20(23)27)9-5-4-6-15(21)3/h7-8,10,15H,4-6,9,11-12H2,1-3H3,(H,22,27)/t15-,21+/m1/s1. The van der Waals surface area contributed by atoms with Crippen LogP contribution >= 0.6 is 0 Å². The summed E-state index contributed by atoms with van der Waals surface area (Å²) >= 11 is 0. The maximum absolute atomic E-state index is 12.8. The Morgan fingerprint density at radius 1 is 1.25 bits per heavy atom. The van der Waals surface area contributed by atoms with Crippen LogP contribution < -0.4 is 5.32 Å². The molecular weight excluding hydrogens is 360 g/mol. The van der Waals surface area contributed by atoms with Crippen molar-refractivity contribution in [3.05, 3.63) is 34.9 Å². The summed E-state index contributed by atoms with van der Waals surface area (Å²) < 4.78 is 5.04. The van der Waals surface area contributed by atoms with Crippen molar-refractivity contribution in [3.63, 3.8) is 0 Å². The summed E-state index contributed by atoms with van der Waals surface area (Å²) in [6, 6.07) is 4.83. The van der Waals surface area contributed by atoms with Crippen molar-refractivity contribution in [3.8, 4) is 0 Å². The second kappa shape index (κ2) is 7.73. The quantitative estimate of drug-likeness (QED) is 0.477. The van der Waals surface area contributed by atoms with Gasteiger partial charge in [0, 0.05) is 5.56 Å². The van der Waals surface area contributed by atoms with Crippen molar-refractivity contribution >= 4 is 23.7 Å². The Hall–Kier alpha value is -2.70. The number of esters is 1. The Balaban J connectivity index is 1.59. The van der Waals surface area contributed by atoms with Crippen LogP contribution in [0.5, 0.6) is 0 Å². The number of amides is 3. The van der Waals surface area contributed by atoms with Gasteiger partial charge in [0.25, 0.3) is 5.91 Å². The predicted molar refractivity (Wildman–Crippen MR) is 102 cm³/mol. The lowest BCUT2D eigenvalue weighted by Crippen LogP contribution is -2.54. The molecule has 7 heteroatoms. The maximum atomic E-state index is 12.8. The van der Waals surface area contributed by atoms with Gasteiger partial charge in [0.05, 0.1) is 0 Å². The van der Waals surface area contributed by atoms with E-state index in [1.807, 2.05) is 32.9 Å². The number of nitrogens with one attached hydrogen (secondary N) is 1. The van der Waals surface area contributed by atoms with Gasteiger partial charge in [-0.1, -0.05) is 43.5 Å². The molecule has 1 spiro atoms. The van der Waals surface area contributed by atoms with Crippen LogP contribution in [-0.2, 0) is 14.3 Å². The number of hydrogen-bond donors (Lipinski definition) is 1. The number of carbonyl (C=O) groups is 4. The molecule has 150 valence electrons. The third kappa shape index (κ3) is 3.66. The molecule has 3 amide bonds. The molecule has 1 heterocycles. The molecule has 0 bridgehead atoms. The summed E-state index contributed by atoms with van der Waals surface area (Å²) in [4.78, 5) is 50.5. The lowest BCUT2D eigenvalue weighted by atomic mass is 9.73. The summed E-state index contributed by atoms with van der Waals surface area (Å²) in [7, 11) is 0. The molecule has 1 saturated heterocycles. The highest BCUT2D eigenvalue weighted by atomic mass is 16.5. The number of rotatable bonds is 5. The van der Waals surface area contributed by atoms with E-state index in [-0.39, 0.29) is 17.6 Å². The number of nitrogens with zero attached hydrogens (tertiary/aromatic N) is 1. The molecule has 1 saturated carbocycles. The fourth-order valence-corrected chi connectivity index (χ4v) is 4.16. The van der Waals surface area contributed by atoms with Crippen LogP contribution in [0.4, 0.5) is 4.79 Å². The van der Waals surface area contributed by atoms with Crippen LogP contribution in [0, 0.1) is 19.8 Å². The number of hydrogen-bond acceptors (Lipinski definition) is 5. The van der Waals surface area contributed by atoms with Gasteiger partial charge in [0.1, 0.15) is 12.1 Å². The van der Waals surface area contributed by atoms with Gasteiger partial charge in [0.2, 0.25) is 5.78 Å². The molecule has 3 rings (SSSR count). The van der Waals surface area contributed by atoms with Crippen molar-refractivity contribution in [1.29, 1.82) is 0 Å². The first kappa shape index (κ1) is 20.0. The van der Waals surface area contributed by atoms with Gasteiger partial charge in [-0.05, 0) is 38.2 Å². The summed E-state index contributed by atoms with van der Waals surface area (Å²) in [6.07, 6.45) is 3.32. The topological polar surface area (TPSA) is 92.8 Å². The Kier molecular flexibility index (Phi) is 5.54. The number of ketones is 1. The molecule has 7 nitrogen and oxygen atoms in total. The molecular formula is C21H26N2O5. The number of imide groups is 1. The number of carbonyl (C=O) groups excluding carboxylic acids is 4. The van der Waals surface area contributed by atoms with Gasteiger partial charge in [0.15, 0.2) is 6.61 Å². The van der Waals surface area contributed by atoms with Crippen LogP contribution in [0.15, 0.2) is 18.2 Å². The molecule has 2 aliphatic rings. The SMILES string of the molecule is Cc1ccc(C(=O)COC(=O)CN2C(=O)N[C@]3(CCCC[C@H]3C)C2=O)c(C)c1. The van der Waals surface area contributed by atoms with Crippen molar-refractivity contribution < 1.29 is 23.9 Å². The molecule has 1 aromatic carbocycles. The summed E-state index contributed by atoms with van der Waals surface area (Å²) in [5.41, 5.74) is 1.42. The average molecular weight is 386 g/mol. The van der Waals surface area contributed by atoms with Crippen molar-refractivity contribution in [1.82, 2.24) is 10.2 Å². The Labute approximate surface area is 164 Å². The molecule has 0 unspecified atom stereocenters. The van der Waals surface area contributed by atoms with Gasteiger partial charge in [-0.2, -0.15) is 0 Å². The average Bonchev–Trinajstić information content (AvgIpc) is 2.87. The smallest absolute Gasteiger partial charge is 0.326 e. The minimum absolute atomic E-state index is 0.0183. The maximum Gasteiger partial charge on any atom is 0.326 e. The van der Waals surface area contributed by atoms with Crippen LogP contribution in [-0.4, -0.2) is 47.3 Å². The number of aryl methyl sites for hydroxylation is 2. The number of ether oxygens (including phenoxy) is 1. The molecule has 2 atom stereocenters. The van der Waals surface area contributed by atoms with E-state index in [9.17, 15) is 19.2 Å². The van der Waals surface area contributed by atoms with Gasteiger partial charge in [-0.15, -0.1) is 0 Å². The van der Waals surface area contributed by atoms with Crippen LogP contribution in [0.1, 0.15) is 54.1 Å². The molecule has 1 aliphatic carbocycles. The van der Waals surface area contributed by atoms with Gasteiger partial charge < -0.3 is 10.1 Å². The summed E-state index contributed by atoms with van der Waals surface area (Å²) in [6.45, 7) is 4.79. The van der Waals surface area contributed by atoms with E-state index in [0.717, 1.165) is 35.3 Å². The van der Waals surface area contributed by atoms with Crippen molar-refractivity contribution in [2.45, 2.75) is 52.0 Å². The highest BCUT2D eigenvalue weighted by Gasteiger charge is 2.55. The number of urea groups is 1. The van der Waals surface area contributed by atoms with E-state index in [4.69, 9.17) is 4.74 Å². The van der Waals surface area contributed by atoms with E-state index in [0.29, 0.717) is 12.0 Å². The molecule has 1 aromatic rings. The zero-order valence-corrected chi connectivity index (χ0v) is 16.5. The highest BCUT2D eigenvalue weighted by Crippen LogP contribution is 2.38. The Bertz CT molecular complexity index is 834. The van der Waals surface area contributed by atoms with Crippen LogP contribution in [0.3, 0.4) is 0 Å². The fourth-order valence-electron chi connectivity index (χ4n) is 4.16. The summed E-state index contributed by atoms with van der Waals surface area (Å²) in [5, 5.41) is 2.79. The van der Waals surface area contributed by atoms with E-state index >= 15 is 0 Å². The lowest BCUT2D eigenvalue weighted by Gasteiger charge is -2.36. The van der Waals surface area contributed by atoms with Crippen molar-refractivity contribution in [2.75, 3.05) is 13.2 Å². The molecule has 28 heavy (non-hydrogen) atoms. The Morgan fingerprint density at radius 3 is 2.68 bits per heavy atom. The molecule has 1 aliphatic heterocycles. The van der Waals surface area contributed by atoms with E-state index in [2.05, 4.69) is 5.32 Å². The fraction of sp³-hybridized carbons (Fsp3) is 0.524. The third-order valence-electron chi connectivity index (χ3n) is 5.84. The van der Waals surface area contributed by atoms with Crippen molar-refractivity contribution in [2.24, 2.45) is 5.92 Å². The van der Waals surface area contributed by atoms with Gasteiger partial charge in [-0.25, -0.2) is 4.79 Å². The van der Waals surface area contributed by atoms with E-state index in [1.54, 1.807) is 6.07 Å². The zero-order chi connectivity index (χ0) is 20.5. The van der Waals surface area contributed by atoms with Crippen LogP contribution in [0.2, 0.25) is 0 Å². The molecule has 0 radical (unpaired) electrons. The lowest BCUT2D eigenvalue weighted by molar-refractivity contribution is -0.147. The molecule has 0 aromatic heterocycles. The second-order valence-corrected chi connectivity index (χ2v) is 7.84. The van der Waals surface area contributed by atoms with Gasteiger partial charge >= 0.3 is 12.0 Å². The van der Waals surface area contributed by atoms with E-state index < -0.39 is 30.7 Å². The van der Waals surface area contributed by atoms with Crippen LogP contribution in [0.25, 0.3) is 0 Å². The first-order valence-electron chi connectivity index (χ1n) is 9.65. The monoisotopic (exact) mass is 386 g/mol. The Morgan fingerprint density at radius 2 is 2.00 bits per heavy atom. The first-order chi connectivity index (χ1) is 13.2.